The molecule has 2 nitrogen and oxygen atoms in total. The van der Waals surface area contributed by atoms with Gasteiger partial charge in [0, 0.05) is 0 Å². The van der Waals surface area contributed by atoms with Gasteiger partial charge in [-0.1, -0.05) is 30.3 Å². The first kappa shape index (κ1) is 9.31. The van der Waals surface area contributed by atoms with E-state index in [2.05, 4.69) is 33.6 Å². The number of hydrogen-bond donors (Lipinski definition) is 0. The van der Waals surface area contributed by atoms with Gasteiger partial charge in [-0.2, -0.15) is 4.37 Å². The molecule has 1 aliphatic rings. The molecule has 3 rings (SSSR count). The van der Waals surface area contributed by atoms with Crippen LogP contribution >= 0.6 is 23.1 Å². The van der Waals surface area contributed by atoms with Gasteiger partial charge in [0.1, 0.15) is 0 Å². The second-order valence-corrected chi connectivity index (χ2v) is 5.15. The Balaban J connectivity index is 2.05. The van der Waals surface area contributed by atoms with E-state index in [4.69, 9.17) is 11.6 Å². The molecule has 76 valence electrons. The number of hydrogen-bond acceptors (Lipinski definition) is 3. The number of halogens is 1. The standard InChI is InChI=1S/C11H9ClN2S/c12-10-13-9(14-15-10)11(6-7-11)8-4-2-1-3-5-8/h1-5H,6-7H2. The highest BCUT2D eigenvalue weighted by Crippen LogP contribution is 2.52. The molecule has 1 aliphatic carbocycles. The van der Waals surface area contributed by atoms with E-state index in [-0.39, 0.29) is 5.41 Å². The maximum atomic E-state index is 5.83. The molecule has 0 amide bonds. The molecule has 15 heavy (non-hydrogen) atoms. The summed E-state index contributed by atoms with van der Waals surface area (Å²) in [4.78, 5) is 4.29. The van der Waals surface area contributed by atoms with Crippen LogP contribution in [0.25, 0.3) is 0 Å². The molecule has 0 saturated heterocycles. The van der Waals surface area contributed by atoms with Crippen molar-refractivity contribution < 1.29 is 0 Å². The Morgan fingerprint density at radius 2 is 1.93 bits per heavy atom. The van der Waals surface area contributed by atoms with Gasteiger partial charge in [0.05, 0.1) is 5.41 Å². The molecule has 1 fully saturated rings. The molecule has 1 aromatic heterocycles. The predicted octanol–water partition coefficient (Wildman–Crippen LogP) is 3.27. The summed E-state index contributed by atoms with van der Waals surface area (Å²) in [6.07, 6.45) is 2.26. The lowest BCUT2D eigenvalue weighted by molar-refractivity contribution is 0.779. The SMILES string of the molecule is Clc1nc(C2(c3ccccc3)CC2)ns1. The lowest BCUT2D eigenvalue weighted by Crippen LogP contribution is -2.10. The maximum Gasteiger partial charge on any atom is 0.203 e. The Labute approximate surface area is 97.1 Å². The van der Waals surface area contributed by atoms with Crippen LogP contribution in [0.4, 0.5) is 0 Å². The van der Waals surface area contributed by atoms with Crippen LogP contribution in [0.1, 0.15) is 24.2 Å². The Morgan fingerprint density at radius 1 is 1.20 bits per heavy atom. The third-order valence-corrected chi connectivity index (χ3v) is 3.70. The summed E-state index contributed by atoms with van der Waals surface area (Å²) in [5.74, 6) is 0.892. The van der Waals surface area contributed by atoms with Crippen molar-refractivity contribution in [2.45, 2.75) is 18.3 Å². The summed E-state index contributed by atoms with van der Waals surface area (Å²) in [5, 5.41) is 0. The highest BCUT2D eigenvalue weighted by molar-refractivity contribution is 7.10. The van der Waals surface area contributed by atoms with Gasteiger partial charge in [0.2, 0.25) is 4.47 Å². The molecule has 2 aromatic rings. The summed E-state index contributed by atoms with van der Waals surface area (Å²) in [5.41, 5.74) is 1.37. The molecule has 0 bridgehead atoms. The number of benzene rings is 1. The van der Waals surface area contributed by atoms with Crippen molar-refractivity contribution in [1.29, 1.82) is 0 Å². The van der Waals surface area contributed by atoms with E-state index >= 15 is 0 Å². The summed E-state index contributed by atoms with van der Waals surface area (Å²) >= 11 is 7.10. The molecule has 0 aliphatic heterocycles. The fourth-order valence-electron chi connectivity index (χ4n) is 1.92. The van der Waals surface area contributed by atoms with E-state index in [0.29, 0.717) is 4.47 Å². The second kappa shape index (κ2) is 3.29. The van der Waals surface area contributed by atoms with Crippen LogP contribution in [0.5, 0.6) is 0 Å². The predicted molar refractivity (Wildman–Crippen MR) is 61.4 cm³/mol. The third-order valence-electron chi connectivity index (χ3n) is 2.91. The van der Waals surface area contributed by atoms with Crippen molar-refractivity contribution in [1.82, 2.24) is 9.36 Å². The van der Waals surface area contributed by atoms with Crippen molar-refractivity contribution in [3.63, 3.8) is 0 Å². The molecule has 0 atom stereocenters. The molecule has 1 aromatic carbocycles. The summed E-state index contributed by atoms with van der Waals surface area (Å²) in [7, 11) is 0. The van der Waals surface area contributed by atoms with Crippen LogP contribution in [-0.4, -0.2) is 9.36 Å². The van der Waals surface area contributed by atoms with Crippen LogP contribution in [-0.2, 0) is 5.41 Å². The summed E-state index contributed by atoms with van der Waals surface area (Å²) in [6, 6.07) is 10.4. The molecular weight excluding hydrogens is 228 g/mol. The third kappa shape index (κ3) is 1.46. The van der Waals surface area contributed by atoms with Crippen LogP contribution in [0.3, 0.4) is 0 Å². The number of rotatable bonds is 2. The van der Waals surface area contributed by atoms with E-state index in [1.807, 2.05) is 6.07 Å². The van der Waals surface area contributed by atoms with Crippen LogP contribution in [0.2, 0.25) is 4.47 Å². The average molecular weight is 237 g/mol. The zero-order valence-electron chi connectivity index (χ0n) is 7.98. The number of aromatic nitrogens is 2. The lowest BCUT2D eigenvalue weighted by Gasteiger charge is -2.10. The first-order chi connectivity index (χ1) is 7.31. The monoisotopic (exact) mass is 236 g/mol. The van der Waals surface area contributed by atoms with Crippen LogP contribution in [0, 0.1) is 0 Å². The fourth-order valence-corrected chi connectivity index (χ4v) is 2.61. The zero-order chi connectivity index (χ0) is 10.3. The largest absolute Gasteiger partial charge is 0.207 e. The summed E-state index contributed by atoms with van der Waals surface area (Å²) in [6.45, 7) is 0. The molecule has 4 heteroatoms. The van der Waals surface area contributed by atoms with Crippen molar-refractivity contribution in [2.75, 3.05) is 0 Å². The fraction of sp³-hybridized carbons (Fsp3) is 0.273. The first-order valence-electron chi connectivity index (χ1n) is 4.86. The molecule has 0 N–H and O–H groups in total. The second-order valence-electron chi connectivity index (χ2n) is 3.82. The van der Waals surface area contributed by atoms with E-state index in [0.717, 1.165) is 18.7 Å². The van der Waals surface area contributed by atoms with E-state index in [1.165, 1.54) is 17.1 Å². The van der Waals surface area contributed by atoms with Gasteiger partial charge < -0.3 is 0 Å². The van der Waals surface area contributed by atoms with Gasteiger partial charge in [-0.3, -0.25) is 0 Å². The van der Waals surface area contributed by atoms with Crippen LogP contribution < -0.4 is 0 Å². The minimum Gasteiger partial charge on any atom is -0.207 e. The smallest absolute Gasteiger partial charge is 0.203 e. The van der Waals surface area contributed by atoms with Crippen molar-refractivity contribution in [2.24, 2.45) is 0 Å². The minimum atomic E-state index is 0.0604. The van der Waals surface area contributed by atoms with E-state index in [9.17, 15) is 0 Å². The van der Waals surface area contributed by atoms with Gasteiger partial charge >= 0.3 is 0 Å². The highest BCUT2D eigenvalue weighted by Gasteiger charge is 2.49. The van der Waals surface area contributed by atoms with Crippen molar-refractivity contribution >= 4 is 23.1 Å². The molecule has 0 spiro atoms. The first-order valence-corrected chi connectivity index (χ1v) is 6.02. The van der Waals surface area contributed by atoms with E-state index < -0.39 is 0 Å². The molecule has 0 unspecified atom stereocenters. The van der Waals surface area contributed by atoms with Gasteiger partial charge in [-0.25, -0.2) is 4.98 Å². The number of nitrogens with zero attached hydrogens (tertiary/aromatic N) is 2. The van der Waals surface area contributed by atoms with E-state index in [1.54, 1.807) is 0 Å². The van der Waals surface area contributed by atoms with Gasteiger partial charge in [-0.05, 0) is 41.5 Å². The Kier molecular flexibility index (Phi) is 2.04. The van der Waals surface area contributed by atoms with Crippen molar-refractivity contribution in [3.05, 3.63) is 46.2 Å². The molecule has 1 heterocycles. The highest BCUT2D eigenvalue weighted by atomic mass is 35.5. The minimum absolute atomic E-state index is 0.0604. The quantitative estimate of drug-likeness (QED) is 0.800. The normalized spacial score (nSPS) is 17.7. The summed E-state index contributed by atoms with van der Waals surface area (Å²) < 4.78 is 4.86. The average Bonchev–Trinajstić information content (AvgIpc) is 2.98. The maximum absolute atomic E-state index is 5.83. The Bertz CT molecular complexity index is 476. The zero-order valence-corrected chi connectivity index (χ0v) is 9.55. The topological polar surface area (TPSA) is 25.8 Å². The Hall–Kier alpha value is -0.930. The molecule has 1 saturated carbocycles. The molecule has 0 radical (unpaired) electrons. The van der Waals surface area contributed by atoms with Gasteiger partial charge in [0.25, 0.3) is 0 Å². The van der Waals surface area contributed by atoms with Crippen LogP contribution in [0.15, 0.2) is 30.3 Å². The Morgan fingerprint density at radius 3 is 2.47 bits per heavy atom. The van der Waals surface area contributed by atoms with Gasteiger partial charge in [0.15, 0.2) is 5.82 Å². The molecular formula is C11H9ClN2S. The van der Waals surface area contributed by atoms with Crippen molar-refractivity contribution in [3.8, 4) is 0 Å². The van der Waals surface area contributed by atoms with Gasteiger partial charge in [-0.15, -0.1) is 0 Å². The lowest BCUT2D eigenvalue weighted by atomic mass is 9.95.